The van der Waals surface area contributed by atoms with Crippen molar-refractivity contribution >= 4 is 5.91 Å². The molecule has 90 valence electrons. The van der Waals surface area contributed by atoms with E-state index >= 15 is 0 Å². The summed E-state index contributed by atoms with van der Waals surface area (Å²) in [4.78, 5) is 14.2. The van der Waals surface area contributed by atoms with Crippen LogP contribution in [0.4, 0.5) is 0 Å². The van der Waals surface area contributed by atoms with Crippen molar-refractivity contribution in [1.29, 1.82) is 0 Å². The van der Waals surface area contributed by atoms with Gasteiger partial charge in [-0.05, 0) is 50.0 Å². The van der Waals surface area contributed by atoms with Gasteiger partial charge >= 0.3 is 0 Å². The molecule has 16 heavy (non-hydrogen) atoms. The van der Waals surface area contributed by atoms with Gasteiger partial charge in [-0.25, -0.2) is 0 Å². The molecule has 3 aliphatic rings. The number of amides is 1. The van der Waals surface area contributed by atoms with Gasteiger partial charge in [0.2, 0.25) is 5.91 Å². The zero-order valence-corrected chi connectivity index (χ0v) is 10.2. The molecule has 3 nitrogen and oxygen atoms in total. The molecule has 2 aliphatic carbocycles. The monoisotopic (exact) mass is 222 g/mol. The minimum atomic E-state index is 0.111. The van der Waals surface area contributed by atoms with Crippen LogP contribution in [-0.2, 0) is 4.79 Å². The van der Waals surface area contributed by atoms with E-state index in [1.807, 2.05) is 0 Å². The molecular weight excluding hydrogens is 200 g/mol. The highest BCUT2D eigenvalue weighted by atomic mass is 16.2. The number of nitrogens with zero attached hydrogens (tertiary/aromatic N) is 1. The first kappa shape index (κ1) is 10.6. The number of nitrogens with one attached hydrogen (secondary N) is 1. The SMILES string of the molecule is CCNC1CCN(CC2(C3CC3)CC2)C1=O. The molecule has 1 amide bonds. The highest BCUT2D eigenvalue weighted by Crippen LogP contribution is 2.61. The Balaban J connectivity index is 1.58. The molecule has 3 fully saturated rings. The van der Waals surface area contributed by atoms with Gasteiger partial charge in [-0.15, -0.1) is 0 Å². The van der Waals surface area contributed by atoms with Crippen LogP contribution in [0.25, 0.3) is 0 Å². The third-order valence-corrected chi connectivity index (χ3v) is 4.59. The van der Waals surface area contributed by atoms with E-state index in [2.05, 4.69) is 17.1 Å². The lowest BCUT2D eigenvalue weighted by atomic mass is 10.0. The maximum absolute atomic E-state index is 12.1. The molecule has 3 heteroatoms. The Kier molecular flexibility index (Phi) is 2.46. The van der Waals surface area contributed by atoms with Gasteiger partial charge in [-0.1, -0.05) is 6.92 Å². The van der Waals surface area contributed by atoms with Gasteiger partial charge in [0.25, 0.3) is 0 Å². The molecule has 3 rings (SSSR count). The normalized spacial score (nSPS) is 32.2. The van der Waals surface area contributed by atoms with Gasteiger partial charge in [0, 0.05) is 13.1 Å². The number of hydrogen-bond donors (Lipinski definition) is 1. The van der Waals surface area contributed by atoms with E-state index < -0.39 is 0 Å². The molecule has 1 atom stereocenters. The van der Waals surface area contributed by atoms with E-state index in [0.717, 1.165) is 32.0 Å². The zero-order chi connectivity index (χ0) is 11.2. The quantitative estimate of drug-likeness (QED) is 0.762. The van der Waals surface area contributed by atoms with E-state index in [1.165, 1.54) is 25.7 Å². The standard InChI is InChI=1S/C13H22N2O/c1-2-14-11-5-8-15(12(11)16)9-13(6-7-13)10-3-4-10/h10-11,14H,2-9H2,1H3. The fourth-order valence-electron chi connectivity index (χ4n) is 3.26. The van der Waals surface area contributed by atoms with Gasteiger partial charge in [-0.3, -0.25) is 4.79 Å². The number of likely N-dealkylation sites (tertiary alicyclic amines) is 1. The fraction of sp³-hybridized carbons (Fsp3) is 0.923. The number of rotatable bonds is 5. The Morgan fingerprint density at radius 2 is 2.12 bits per heavy atom. The van der Waals surface area contributed by atoms with Gasteiger partial charge in [0.15, 0.2) is 0 Å². The van der Waals surface area contributed by atoms with Crippen molar-refractivity contribution in [2.75, 3.05) is 19.6 Å². The molecule has 0 spiro atoms. The fourth-order valence-corrected chi connectivity index (χ4v) is 3.26. The summed E-state index contributed by atoms with van der Waals surface area (Å²) in [6.45, 7) is 5.00. The summed E-state index contributed by atoms with van der Waals surface area (Å²) in [6, 6.07) is 0.111. The summed E-state index contributed by atoms with van der Waals surface area (Å²) in [5, 5.41) is 3.28. The number of hydrogen-bond acceptors (Lipinski definition) is 2. The average Bonchev–Trinajstić information content (AvgIpc) is 3.13. The predicted molar refractivity (Wildman–Crippen MR) is 63.1 cm³/mol. The lowest BCUT2D eigenvalue weighted by Gasteiger charge is -2.23. The summed E-state index contributed by atoms with van der Waals surface area (Å²) in [7, 11) is 0. The van der Waals surface area contributed by atoms with Crippen LogP contribution in [0.5, 0.6) is 0 Å². The van der Waals surface area contributed by atoms with Crippen molar-refractivity contribution in [3.63, 3.8) is 0 Å². The van der Waals surface area contributed by atoms with Crippen LogP contribution in [0.2, 0.25) is 0 Å². The third kappa shape index (κ3) is 1.75. The number of carbonyl (C=O) groups is 1. The molecule has 2 saturated carbocycles. The highest BCUT2D eigenvalue weighted by Gasteiger charge is 2.55. The minimum absolute atomic E-state index is 0.111. The second-order valence-corrected chi connectivity index (χ2v) is 5.80. The van der Waals surface area contributed by atoms with Crippen molar-refractivity contribution in [1.82, 2.24) is 10.2 Å². The van der Waals surface area contributed by atoms with E-state index in [-0.39, 0.29) is 6.04 Å². The number of likely N-dealkylation sites (N-methyl/N-ethyl adjacent to an activating group) is 1. The van der Waals surface area contributed by atoms with Crippen LogP contribution in [-0.4, -0.2) is 36.5 Å². The third-order valence-electron chi connectivity index (χ3n) is 4.59. The topological polar surface area (TPSA) is 32.3 Å². The minimum Gasteiger partial charge on any atom is -0.341 e. The first-order chi connectivity index (χ1) is 7.75. The van der Waals surface area contributed by atoms with Crippen molar-refractivity contribution in [2.45, 2.75) is 45.1 Å². The molecule has 1 heterocycles. The molecule has 0 aromatic carbocycles. The average molecular weight is 222 g/mol. The molecule has 1 unspecified atom stereocenters. The summed E-state index contributed by atoms with van der Waals surface area (Å²) in [6.07, 6.45) is 6.57. The van der Waals surface area contributed by atoms with Crippen LogP contribution in [0.15, 0.2) is 0 Å². The lowest BCUT2D eigenvalue weighted by Crippen LogP contribution is -2.40. The molecular formula is C13H22N2O. The van der Waals surface area contributed by atoms with E-state index in [4.69, 9.17) is 0 Å². The Morgan fingerprint density at radius 3 is 2.69 bits per heavy atom. The van der Waals surface area contributed by atoms with E-state index in [9.17, 15) is 4.79 Å². The largest absolute Gasteiger partial charge is 0.341 e. The Bertz CT molecular complexity index is 294. The lowest BCUT2D eigenvalue weighted by molar-refractivity contribution is -0.130. The molecule has 1 saturated heterocycles. The first-order valence-corrected chi connectivity index (χ1v) is 6.77. The van der Waals surface area contributed by atoms with E-state index in [1.54, 1.807) is 0 Å². The summed E-state index contributed by atoms with van der Waals surface area (Å²) in [5.41, 5.74) is 0.566. The van der Waals surface area contributed by atoms with Crippen LogP contribution >= 0.6 is 0 Å². The number of carbonyl (C=O) groups excluding carboxylic acids is 1. The van der Waals surface area contributed by atoms with Crippen LogP contribution in [0.3, 0.4) is 0 Å². The molecule has 0 aromatic heterocycles. The Morgan fingerprint density at radius 1 is 1.38 bits per heavy atom. The smallest absolute Gasteiger partial charge is 0.239 e. The van der Waals surface area contributed by atoms with Crippen molar-refractivity contribution in [3.05, 3.63) is 0 Å². The maximum atomic E-state index is 12.1. The van der Waals surface area contributed by atoms with Gasteiger partial charge < -0.3 is 10.2 Å². The zero-order valence-electron chi connectivity index (χ0n) is 10.2. The van der Waals surface area contributed by atoms with E-state index in [0.29, 0.717) is 11.3 Å². The molecule has 0 radical (unpaired) electrons. The maximum Gasteiger partial charge on any atom is 0.239 e. The Labute approximate surface area is 97.6 Å². The second kappa shape index (κ2) is 3.73. The first-order valence-electron chi connectivity index (χ1n) is 6.77. The molecule has 1 N–H and O–H groups in total. The second-order valence-electron chi connectivity index (χ2n) is 5.80. The van der Waals surface area contributed by atoms with Gasteiger partial charge in [0.05, 0.1) is 6.04 Å². The van der Waals surface area contributed by atoms with Crippen molar-refractivity contribution < 1.29 is 4.79 Å². The van der Waals surface area contributed by atoms with Gasteiger partial charge in [0.1, 0.15) is 0 Å². The summed E-state index contributed by atoms with van der Waals surface area (Å²) in [5.74, 6) is 1.31. The van der Waals surface area contributed by atoms with Crippen molar-refractivity contribution in [2.24, 2.45) is 11.3 Å². The van der Waals surface area contributed by atoms with Crippen LogP contribution < -0.4 is 5.32 Å². The highest BCUT2D eigenvalue weighted by molar-refractivity contribution is 5.84. The molecule has 1 aliphatic heterocycles. The summed E-state index contributed by atoms with van der Waals surface area (Å²) < 4.78 is 0. The summed E-state index contributed by atoms with van der Waals surface area (Å²) >= 11 is 0. The molecule has 0 bridgehead atoms. The van der Waals surface area contributed by atoms with Crippen LogP contribution in [0.1, 0.15) is 39.0 Å². The van der Waals surface area contributed by atoms with Crippen LogP contribution in [0, 0.1) is 11.3 Å². The predicted octanol–water partition coefficient (Wildman–Crippen LogP) is 1.39. The molecule has 0 aromatic rings. The van der Waals surface area contributed by atoms with Gasteiger partial charge in [-0.2, -0.15) is 0 Å². The van der Waals surface area contributed by atoms with Crippen molar-refractivity contribution in [3.8, 4) is 0 Å². The Hall–Kier alpha value is -0.570.